The number of nitrogens with zero attached hydrogens (tertiary/aromatic N) is 2. The molecule has 26 heavy (non-hydrogen) atoms. The van der Waals surface area contributed by atoms with Gasteiger partial charge in [-0.05, 0) is 60.9 Å². The molecule has 2 aromatic carbocycles. The third kappa shape index (κ3) is 3.82. The highest BCUT2D eigenvalue weighted by molar-refractivity contribution is 9.10. The molecule has 1 heterocycles. The third-order valence-electron chi connectivity index (χ3n) is 4.34. The summed E-state index contributed by atoms with van der Waals surface area (Å²) in [4.78, 5) is 14.4. The number of likely N-dealkylation sites (N-methyl/N-ethyl adjacent to an activating group) is 1. The highest BCUT2D eigenvalue weighted by Gasteiger charge is 2.28. The number of hydrogen-bond donors (Lipinski definition) is 0. The minimum Gasteiger partial charge on any atom is -0.311 e. The first-order valence-electron chi connectivity index (χ1n) is 8.10. The van der Waals surface area contributed by atoms with E-state index < -0.39 is 10.0 Å². The Morgan fingerprint density at radius 3 is 2.62 bits per heavy atom. The molecular formula is C18H18BrFN2O3S. The van der Waals surface area contributed by atoms with Crippen LogP contribution in [0.4, 0.5) is 10.1 Å². The van der Waals surface area contributed by atoms with Crippen molar-refractivity contribution in [1.82, 2.24) is 4.31 Å². The summed E-state index contributed by atoms with van der Waals surface area (Å²) in [5.74, 6) is -0.672. The molecule has 0 aromatic heterocycles. The van der Waals surface area contributed by atoms with Crippen molar-refractivity contribution in [2.75, 3.05) is 25.0 Å². The second-order valence-electron chi connectivity index (χ2n) is 6.14. The zero-order valence-corrected chi connectivity index (χ0v) is 16.6. The van der Waals surface area contributed by atoms with Crippen molar-refractivity contribution in [3.8, 4) is 0 Å². The molecule has 1 aliphatic heterocycles. The minimum atomic E-state index is -3.77. The quantitative estimate of drug-likeness (QED) is 0.733. The summed E-state index contributed by atoms with van der Waals surface area (Å²) in [6.07, 6.45) is 1.41. The van der Waals surface area contributed by atoms with Gasteiger partial charge in [-0.25, -0.2) is 12.8 Å². The Morgan fingerprint density at radius 2 is 1.92 bits per heavy atom. The Bertz CT molecular complexity index is 932. The topological polar surface area (TPSA) is 57.7 Å². The molecule has 5 nitrogen and oxygen atoms in total. The van der Waals surface area contributed by atoms with Crippen LogP contribution in [0, 0.1) is 5.82 Å². The molecular weight excluding hydrogens is 423 g/mol. The molecule has 2 aromatic rings. The number of anilines is 1. The molecule has 138 valence electrons. The number of aryl methyl sites for hydroxylation is 1. The summed E-state index contributed by atoms with van der Waals surface area (Å²) in [6.45, 7) is 0.207. The molecule has 0 aliphatic carbocycles. The van der Waals surface area contributed by atoms with Gasteiger partial charge in [0, 0.05) is 23.8 Å². The molecule has 0 atom stereocenters. The molecule has 0 saturated carbocycles. The van der Waals surface area contributed by atoms with Crippen molar-refractivity contribution in [3.63, 3.8) is 0 Å². The second-order valence-corrected chi connectivity index (χ2v) is 9.10. The predicted octanol–water partition coefficient (Wildman–Crippen LogP) is 3.19. The predicted molar refractivity (Wildman–Crippen MR) is 101 cm³/mol. The smallest absolute Gasteiger partial charge is 0.243 e. The van der Waals surface area contributed by atoms with Crippen LogP contribution >= 0.6 is 15.9 Å². The number of hydrogen-bond acceptors (Lipinski definition) is 3. The summed E-state index contributed by atoms with van der Waals surface area (Å²) in [5, 5.41) is 0. The van der Waals surface area contributed by atoms with E-state index >= 15 is 0 Å². The van der Waals surface area contributed by atoms with E-state index in [1.807, 2.05) is 0 Å². The van der Waals surface area contributed by atoms with Crippen molar-refractivity contribution >= 4 is 37.5 Å². The van der Waals surface area contributed by atoms with Crippen LogP contribution in [0.5, 0.6) is 0 Å². The van der Waals surface area contributed by atoms with Crippen molar-refractivity contribution < 1.29 is 17.6 Å². The van der Waals surface area contributed by atoms with E-state index in [0.717, 1.165) is 14.3 Å². The van der Waals surface area contributed by atoms with Crippen LogP contribution in [0.2, 0.25) is 0 Å². The fourth-order valence-electron chi connectivity index (χ4n) is 2.97. The maximum Gasteiger partial charge on any atom is 0.243 e. The molecule has 0 saturated heterocycles. The fraction of sp³-hybridized carbons (Fsp3) is 0.278. The van der Waals surface area contributed by atoms with E-state index in [1.54, 1.807) is 18.2 Å². The number of halogens is 2. The lowest BCUT2D eigenvalue weighted by Gasteiger charge is -2.30. The average molecular weight is 441 g/mol. The SMILES string of the molecule is CN(CC(=O)N1CCCc2cc(F)ccc21)S(=O)(=O)c1ccc(Br)cc1. The molecule has 0 radical (unpaired) electrons. The number of amides is 1. The van der Waals surface area contributed by atoms with Gasteiger partial charge in [0.15, 0.2) is 0 Å². The summed E-state index contributed by atoms with van der Waals surface area (Å²) in [6, 6.07) is 10.6. The lowest BCUT2D eigenvalue weighted by Crippen LogP contribution is -2.43. The zero-order chi connectivity index (χ0) is 18.9. The van der Waals surface area contributed by atoms with E-state index in [-0.39, 0.29) is 23.2 Å². The van der Waals surface area contributed by atoms with E-state index in [9.17, 15) is 17.6 Å². The average Bonchev–Trinajstić information content (AvgIpc) is 2.61. The summed E-state index contributed by atoms with van der Waals surface area (Å²) in [5.41, 5.74) is 1.42. The van der Waals surface area contributed by atoms with Gasteiger partial charge in [0.05, 0.1) is 11.4 Å². The number of benzene rings is 2. The van der Waals surface area contributed by atoms with Gasteiger partial charge < -0.3 is 4.90 Å². The van der Waals surface area contributed by atoms with E-state index in [4.69, 9.17) is 0 Å². The van der Waals surface area contributed by atoms with Crippen LogP contribution in [-0.2, 0) is 21.2 Å². The maximum atomic E-state index is 13.4. The first kappa shape index (κ1) is 19.0. The van der Waals surface area contributed by atoms with Crippen LogP contribution in [0.25, 0.3) is 0 Å². The normalized spacial score (nSPS) is 14.4. The Balaban J connectivity index is 1.79. The highest BCUT2D eigenvalue weighted by atomic mass is 79.9. The Kier molecular flexibility index (Phi) is 5.45. The van der Waals surface area contributed by atoms with Gasteiger partial charge in [0.25, 0.3) is 0 Å². The van der Waals surface area contributed by atoms with Gasteiger partial charge in [0.2, 0.25) is 15.9 Å². The van der Waals surface area contributed by atoms with Crippen molar-refractivity contribution in [2.24, 2.45) is 0 Å². The minimum absolute atomic E-state index is 0.122. The number of rotatable bonds is 4. The lowest BCUT2D eigenvalue weighted by atomic mass is 10.0. The van der Waals surface area contributed by atoms with Gasteiger partial charge in [-0.2, -0.15) is 4.31 Å². The Labute approximate surface area is 160 Å². The van der Waals surface area contributed by atoms with Crippen LogP contribution in [0.3, 0.4) is 0 Å². The number of carbonyl (C=O) groups is 1. The van der Waals surface area contributed by atoms with Crippen LogP contribution in [0.15, 0.2) is 51.8 Å². The Hall–Kier alpha value is -1.77. The van der Waals surface area contributed by atoms with Crippen LogP contribution in [-0.4, -0.2) is 38.8 Å². The highest BCUT2D eigenvalue weighted by Crippen LogP contribution is 2.28. The molecule has 0 fully saturated rings. The largest absolute Gasteiger partial charge is 0.311 e. The molecule has 1 amide bonds. The van der Waals surface area contributed by atoms with Gasteiger partial charge in [-0.3, -0.25) is 4.79 Å². The van der Waals surface area contributed by atoms with Crippen molar-refractivity contribution in [2.45, 2.75) is 17.7 Å². The molecule has 0 bridgehead atoms. The van der Waals surface area contributed by atoms with E-state index in [1.165, 1.54) is 36.2 Å². The fourth-order valence-corrected chi connectivity index (χ4v) is 4.36. The first-order chi connectivity index (χ1) is 12.3. The van der Waals surface area contributed by atoms with Gasteiger partial charge in [-0.1, -0.05) is 15.9 Å². The summed E-state index contributed by atoms with van der Waals surface area (Å²) >= 11 is 3.27. The number of fused-ring (bicyclic) bond motifs is 1. The van der Waals surface area contributed by atoms with Crippen LogP contribution in [0.1, 0.15) is 12.0 Å². The van der Waals surface area contributed by atoms with Gasteiger partial charge in [-0.15, -0.1) is 0 Å². The zero-order valence-electron chi connectivity index (χ0n) is 14.2. The van der Waals surface area contributed by atoms with Crippen molar-refractivity contribution in [3.05, 3.63) is 58.3 Å². The standard InChI is InChI=1S/C18H18BrFN2O3S/c1-21(26(24,25)16-7-4-14(19)5-8-16)12-18(23)22-10-2-3-13-11-15(20)6-9-17(13)22/h4-9,11H,2-3,10,12H2,1H3. The third-order valence-corrected chi connectivity index (χ3v) is 6.69. The first-order valence-corrected chi connectivity index (χ1v) is 10.3. The molecule has 0 spiro atoms. The summed E-state index contributed by atoms with van der Waals surface area (Å²) in [7, 11) is -2.39. The maximum absolute atomic E-state index is 13.4. The van der Waals surface area contributed by atoms with Gasteiger partial charge >= 0.3 is 0 Å². The second kappa shape index (κ2) is 7.46. The molecule has 0 N–H and O–H groups in total. The summed E-state index contributed by atoms with van der Waals surface area (Å²) < 4.78 is 40.5. The number of carbonyl (C=O) groups excluding carboxylic acids is 1. The number of sulfonamides is 1. The van der Waals surface area contributed by atoms with E-state index in [0.29, 0.717) is 25.1 Å². The van der Waals surface area contributed by atoms with Crippen molar-refractivity contribution in [1.29, 1.82) is 0 Å². The molecule has 0 unspecified atom stereocenters. The van der Waals surface area contributed by atoms with E-state index in [2.05, 4.69) is 15.9 Å². The molecule has 8 heteroatoms. The van der Waals surface area contributed by atoms with Crippen LogP contribution < -0.4 is 4.90 Å². The Morgan fingerprint density at radius 1 is 1.23 bits per heavy atom. The molecule has 1 aliphatic rings. The monoisotopic (exact) mass is 440 g/mol. The van der Waals surface area contributed by atoms with Gasteiger partial charge in [0.1, 0.15) is 5.82 Å². The molecule has 3 rings (SSSR count). The lowest BCUT2D eigenvalue weighted by molar-refractivity contribution is -0.118.